The van der Waals surface area contributed by atoms with Crippen molar-refractivity contribution < 1.29 is 9.90 Å². The number of aromatic carboxylic acids is 1. The average Bonchev–Trinajstić information content (AvgIpc) is 2.40. The molecule has 0 spiro atoms. The van der Waals surface area contributed by atoms with E-state index in [-0.39, 0.29) is 5.56 Å². The molecule has 1 N–H and O–H groups in total. The number of hydrogen-bond acceptors (Lipinski definition) is 1. The predicted molar refractivity (Wildman–Crippen MR) is 78.8 cm³/mol. The number of carbonyl (C=O) groups is 1. The van der Waals surface area contributed by atoms with E-state index in [9.17, 15) is 4.79 Å². The highest BCUT2D eigenvalue weighted by molar-refractivity contribution is 6.34. The molecule has 0 radical (unpaired) electrons. The molecule has 2 aromatic carbocycles. The lowest BCUT2D eigenvalue weighted by atomic mass is 10.1. The summed E-state index contributed by atoms with van der Waals surface area (Å²) in [6.07, 6.45) is 3.46. The zero-order valence-electron chi connectivity index (χ0n) is 9.81. The van der Waals surface area contributed by atoms with Crippen molar-refractivity contribution in [1.82, 2.24) is 0 Å². The van der Waals surface area contributed by atoms with Crippen molar-refractivity contribution in [2.45, 2.75) is 0 Å². The van der Waals surface area contributed by atoms with Crippen LogP contribution in [-0.2, 0) is 0 Å². The van der Waals surface area contributed by atoms with Crippen molar-refractivity contribution in [1.29, 1.82) is 0 Å². The maximum atomic E-state index is 11.1. The molecule has 0 saturated carbocycles. The molecule has 0 amide bonds. The van der Waals surface area contributed by atoms with Crippen LogP contribution in [-0.4, -0.2) is 11.1 Å². The Balaban J connectivity index is 2.38. The van der Waals surface area contributed by atoms with E-state index < -0.39 is 5.97 Å². The summed E-state index contributed by atoms with van der Waals surface area (Å²) in [6, 6.07) is 11.9. The van der Waals surface area contributed by atoms with E-state index in [1.165, 1.54) is 0 Å². The first-order chi connectivity index (χ1) is 9.08. The fourth-order valence-corrected chi connectivity index (χ4v) is 2.02. The second kappa shape index (κ2) is 5.91. The molecule has 2 rings (SSSR count). The Morgan fingerprint density at radius 2 is 1.68 bits per heavy atom. The van der Waals surface area contributed by atoms with E-state index in [2.05, 4.69) is 0 Å². The van der Waals surface area contributed by atoms with Gasteiger partial charge in [-0.25, -0.2) is 4.79 Å². The van der Waals surface area contributed by atoms with Crippen LogP contribution < -0.4 is 0 Å². The van der Waals surface area contributed by atoms with Crippen LogP contribution in [0.1, 0.15) is 21.5 Å². The predicted octanol–water partition coefficient (Wildman–Crippen LogP) is 4.86. The number of rotatable bonds is 3. The first kappa shape index (κ1) is 13.7. The number of carboxylic acids is 1. The molecule has 0 aliphatic rings. The zero-order chi connectivity index (χ0) is 13.8. The van der Waals surface area contributed by atoms with Crippen molar-refractivity contribution in [3.63, 3.8) is 0 Å². The van der Waals surface area contributed by atoms with Gasteiger partial charge in [0.25, 0.3) is 0 Å². The minimum absolute atomic E-state index is 0.247. The van der Waals surface area contributed by atoms with Gasteiger partial charge >= 0.3 is 5.97 Å². The lowest BCUT2D eigenvalue weighted by Crippen LogP contribution is -1.98. The molecule has 0 unspecified atom stereocenters. The quantitative estimate of drug-likeness (QED) is 0.820. The minimum atomic E-state index is -0.961. The standard InChI is InChI=1S/C15H10Cl2O2/c16-12-7-8-14(17)11(9-12)6-5-10-3-1-2-4-13(10)15(18)19/h1-9H,(H,18,19)/b6-5+. The van der Waals surface area contributed by atoms with Gasteiger partial charge < -0.3 is 5.11 Å². The second-order valence-corrected chi connectivity index (χ2v) is 4.74. The molecule has 0 atom stereocenters. The van der Waals surface area contributed by atoms with Crippen molar-refractivity contribution in [3.8, 4) is 0 Å². The molecule has 0 fully saturated rings. The van der Waals surface area contributed by atoms with E-state index in [1.54, 1.807) is 54.6 Å². The second-order valence-electron chi connectivity index (χ2n) is 3.89. The lowest BCUT2D eigenvalue weighted by molar-refractivity contribution is 0.0696. The van der Waals surface area contributed by atoms with Gasteiger partial charge in [-0.1, -0.05) is 53.6 Å². The summed E-state index contributed by atoms with van der Waals surface area (Å²) in [7, 11) is 0. The summed E-state index contributed by atoms with van der Waals surface area (Å²) < 4.78 is 0. The Kier molecular flexibility index (Phi) is 4.25. The molecular weight excluding hydrogens is 283 g/mol. The van der Waals surface area contributed by atoms with Gasteiger partial charge in [-0.05, 0) is 35.4 Å². The normalized spacial score (nSPS) is 10.8. The van der Waals surface area contributed by atoms with Crippen LogP contribution in [0.15, 0.2) is 42.5 Å². The van der Waals surface area contributed by atoms with Crippen LogP contribution in [0.3, 0.4) is 0 Å². The zero-order valence-corrected chi connectivity index (χ0v) is 11.3. The molecule has 4 heteroatoms. The van der Waals surface area contributed by atoms with Crippen LogP contribution in [0.25, 0.3) is 12.2 Å². The summed E-state index contributed by atoms with van der Waals surface area (Å²) in [5.41, 5.74) is 1.61. The van der Waals surface area contributed by atoms with Crippen LogP contribution in [0, 0.1) is 0 Å². The molecule has 0 aliphatic carbocycles. The summed E-state index contributed by atoms with van der Waals surface area (Å²) in [5, 5.41) is 10.2. The van der Waals surface area contributed by atoms with Crippen LogP contribution in [0.5, 0.6) is 0 Å². The van der Waals surface area contributed by atoms with Crippen molar-refractivity contribution >= 4 is 41.3 Å². The van der Waals surface area contributed by atoms with Crippen LogP contribution >= 0.6 is 23.2 Å². The maximum absolute atomic E-state index is 11.1. The number of halogens is 2. The highest BCUT2D eigenvalue weighted by Gasteiger charge is 2.06. The third-order valence-electron chi connectivity index (χ3n) is 2.59. The van der Waals surface area contributed by atoms with Gasteiger partial charge in [0.15, 0.2) is 0 Å². The van der Waals surface area contributed by atoms with Gasteiger partial charge in [-0.2, -0.15) is 0 Å². The van der Waals surface area contributed by atoms with E-state index in [4.69, 9.17) is 28.3 Å². The fourth-order valence-electron chi connectivity index (χ4n) is 1.66. The highest BCUT2D eigenvalue weighted by Crippen LogP contribution is 2.23. The molecule has 0 bridgehead atoms. The van der Waals surface area contributed by atoms with Gasteiger partial charge in [0.05, 0.1) is 5.56 Å². The Labute approximate surface area is 120 Å². The summed E-state index contributed by atoms with van der Waals surface area (Å²) >= 11 is 11.9. The van der Waals surface area contributed by atoms with Crippen molar-refractivity contribution in [3.05, 3.63) is 69.2 Å². The SMILES string of the molecule is O=C(O)c1ccccc1/C=C/c1cc(Cl)ccc1Cl. The first-order valence-electron chi connectivity index (χ1n) is 5.53. The lowest BCUT2D eigenvalue weighted by Gasteiger charge is -2.01. The molecule has 96 valence electrons. The van der Waals surface area contributed by atoms with Crippen molar-refractivity contribution in [2.24, 2.45) is 0 Å². The monoisotopic (exact) mass is 292 g/mol. The van der Waals surface area contributed by atoms with Gasteiger partial charge in [0.2, 0.25) is 0 Å². The minimum Gasteiger partial charge on any atom is -0.478 e. The number of carboxylic acid groups (broad SMARTS) is 1. The van der Waals surface area contributed by atoms with Gasteiger partial charge in [0, 0.05) is 10.0 Å². The largest absolute Gasteiger partial charge is 0.478 e. The first-order valence-corrected chi connectivity index (χ1v) is 6.29. The summed E-state index contributed by atoms with van der Waals surface area (Å²) in [6.45, 7) is 0. The molecule has 2 aromatic rings. The van der Waals surface area contributed by atoms with E-state index in [1.807, 2.05) is 0 Å². The van der Waals surface area contributed by atoms with E-state index in [0.29, 0.717) is 15.6 Å². The highest BCUT2D eigenvalue weighted by atomic mass is 35.5. The average molecular weight is 293 g/mol. The fraction of sp³-hybridized carbons (Fsp3) is 0. The molecule has 0 heterocycles. The van der Waals surface area contributed by atoms with Gasteiger partial charge in [0.1, 0.15) is 0 Å². The van der Waals surface area contributed by atoms with Crippen LogP contribution in [0.4, 0.5) is 0 Å². The van der Waals surface area contributed by atoms with Gasteiger partial charge in [-0.15, -0.1) is 0 Å². The van der Waals surface area contributed by atoms with E-state index in [0.717, 1.165) is 5.56 Å². The Morgan fingerprint density at radius 3 is 2.42 bits per heavy atom. The van der Waals surface area contributed by atoms with Gasteiger partial charge in [-0.3, -0.25) is 0 Å². The topological polar surface area (TPSA) is 37.3 Å². The number of hydrogen-bond donors (Lipinski definition) is 1. The molecule has 2 nitrogen and oxygen atoms in total. The molecule has 0 aromatic heterocycles. The number of benzene rings is 2. The third kappa shape index (κ3) is 3.37. The maximum Gasteiger partial charge on any atom is 0.336 e. The summed E-state index contributed by atoms with van der Waals surface area (Å²) in [4.78, 5) is 11.1. The molecular formula is C15H10Cl2O2. The molecule has 19 heavy (non-hydrogen) atoms. The molecule has 0 aliphatic heterocycles. The Hall–Kier alpha value is -1.77. The van der Waals surface area contributed by atoms with E-state index >= 15 is 0 Å². The Morgan fingerprint density at radius 1 is 1.00 bits per heavy atom. The molecule has 0 saturated heterocycles. The van der Waals surface area contributed by atoms with Crippen molar-refractivity contribution in [2.75, 3.05) is 0 Å². The Bertz CT molecular complexity index is 648. The van der Waals surface area contributed by atoms with Crippen LogP contribution in [0.2, 0.25) is 10.0 Å². The third-order valence-corrected chi connectivity index (χ3v) is 3.17. The summed E-state index contributed by atoms with van der Waals surface area (Å²) in [5.74, 6) is -0.961. The smallest absolute Gasteiger partial charge is 0.336 e.